The molecule has 0 saturated heterocycles. The van der Waals surface area contributed by atoms with Crippen molar-refractivity contribution in [3.8, 4) is 0 Å². The number of nitrogens with zero attached hydrogens (tertiary/aromatic N) is 1. The van der Waals surface area contributed by atoms with Gasteiger partial charge in [-0.15, -0.1) is 0 Å². The van der Waals surface area contributed by atoms with Crippen LogP contribution in [0.5, 0.6) is 0 Å². The molecule has 0 aliphatic carbocycles. The van der Waals surface area contributed by atoms with Gasteiger partial charge in [-0.2, -0.15) is 0 Å². The second-order valence-electron chi connectivity index (χ2n) is 6.04. The van der Waals surface area contributed by atoms with Crippen molar-refractivity contribution in [2.24, 2.45) is 0 Å². The second-order valence-corrected chi connectivity index (χ2v) is 6.04. The SMILES string of the molecule is O=C(NCCc1ccc(F)cc1)c1cc(NCc2ccc(F)cc2)ccn1. The molecule has 6 heteroatoms. The first-order valence-corrected chi connectivity index (χ1v) is 8.57. The van der Waals surface area contributed by atoms with Gasteiger partial charge < -0.3 is 10.6 Å². The lowest BCUT2D eigenvalue weighted by Gasteiger charge is -2.09. The number of amides is 1. The fraction of sp³-hybridized carbons (Fsp3) is 0.143. The molecule has 0 atom stereocenters. The van der Waals surface area contributed by atoms with Crippen molar-refractivity contribution in [2.75, 3.05) is 11.9 Å². The molecule has 138 valence electrons. The molecule has 1 aromatic heterocycles. The van der Waals surface area contributed by atoms with Gasteiger partial charge in [0.2, 0.25) is 0 Å². The number of carbonyl (C=O) groups is 1. The zero-order valence-electron chi connectivity index (χ0n) is 14.6. The quantitative estimate of drug-likeness (QED) is 0.665. The van der Waals surface area contributed by atoms with Crippen molar-refractivity contribution in [1.29, 1.82) is 0 Å². The lowest BCUT2D eigenvalue weighted by atomic mass is 10.1. The van der Waals surface area contributed by atoms with Gasteiger partial charge in [-0.05, 0) is 53.9 Å². The molecular weight excluding hydrogens is 348 g/mol. The highest BCUT2D eigenvalue weighted by atomic mass is 19.1. The molecule has 1 amide bonds. The molecule has 0 saturated carbocycles. The van der Waals surface area contributed by atoms with E-state index in [0.29, 0.717) is 25.2 Å². The minimum Gasteiger partial charge on any atom is -0.381 e. The summed E-state index contributed by atoms with van der Waals surface area (Å²) in [5.74, 6) is -0.832. The Balaban J connectivity index is 1.51. The molecule has 0 aliphatic rings. The van der Waals surface area contributed by atoms with Crippen LogP contribution < -0.4 is 10.6 Å². The van der Waals surface area contributed by atoms with Crippen LogP contribution in [0.25, 0.3) is 0 Å². The van der Waals surface area contributed by atoms with E-state index in [9.17, 15) is 13.6 Å². The van der Waals surface area contributed by atoms with Gasteiger partial charge in [0.05, 0.1) is 0 Å². The summed E-state index contributed by atoms with van der Waals surface area (Å²) in [7, 11) is 0. The van der Waals surface area contributed by atoms with Gasteiger partial charge in [-0.3, -0.25) is 9.78 Å². The van der Waals surface area contributed by atoms with E-state index >= 15 is 0 Å². The Hall–Kier alpha value is -3.28. The predicted molar refractivity (Wildman–Crippen MR) is 100 cm³/mol. The number of hydrogen-bond donors (Lipinski definition) is 2. The van der Waals surface area contributed by atoms with Gasteiger partial charge in [-0.25, -0.2) is 8.78 Å². The summed E-state index contributed by atoms with van der Waals surface area (Å²) in [6, 6.07) is 15.8. The number of carbonyl (C=O) groups excluding carboxylic acids is 1. The molecule has 0 aliphatic heterocycles. The molecule has 2 aromatic carbocycles. The van der Waals surface area contributed by atoms with Gasteiger partial charge >= 0.3 is 0 Å². The van der Waals surface area contributed by atoms with Crippen LogP contribution in [0.1, 0.15) is 21.6 Å². The fourth-order valence-electron chi connectivity index (χ4n) is 2.53. The molecule has 1 heterocycles. The van der Waals surface area contributed by atoms with Crippen molar-refractivity contribution in [2.45, 2.75) is 13.0 Å². The van der Waals surface area contributed by atoms with Crippen LogP contribution in [0.3, 0.4) is 0 Å². The molecule has 3 aromatic rings. The molecular formula is C21H19F2N3O. The molecule has 3 rings (SSSR count). The van der Waals surface area contributed by atoms with E-state index in [-0.39, 0.29) is 17.5 Å². The van der Waals surface area contributed by atoms with Crippen LogP contribution in [0.15, 0.2) is 66.9 Å². The lowest BCUT2D eigenvalue weighted by Crippen LogP contribution is -2.26. The Morgan fingerprint density at radius 1 is 0.889 bits per heavy atom. The van der Waals surface area contributed by atoms with E-state index in [4.69, 9.17) is 0 Å². The molecule has 0 fully saturated rings. The van der Waals surface area contributed by atoms with Gasteiger partial charge in [0.15, 0.2) is 0 Å². The van der Waals surface area contributed by atoms with Crippen molar-refractivity contribution in [3.05, 3.63) is 95.3 Å². The molecule has 0 unspecified atom stereocenters. The van der Waals surface area contributed by atoms with E-state index < -0.39 is 0 Å². The second kappa shape index (κ2) is 8.89. The Labute approximate surface area is 156 Å². The maximum Gasteiger partial charge on any atom is 0.269 e. The van der Waals surface area contributed by atoms with Gasteiger partial charge in [0.1, 0.15) is 17.3 Å². The zero-order valence-corrected chi connectivity index (χ0v) is 14.6. The van der Waals surface area contributed by atoms with E-state index in [1.54, 1.807) is 42.6 Å². The standard InChI is InChI=1S/C21H19F2N3O/c22-17-5-1-15(2-6-17)9-11-25-21(27)20-13-19(10-12-24-20)26-14-16-3-7-18(23)8-4-16/h1-8,10,12-13H,9,11,14H2,(H,24,26)(H,25,27). The Morgan fingerprint density at radius 3 is 2.19 bits per heavy atom. The van der Waals surface area contributed by atoms with E-state index in [0.717, 1.165) is 16.8 Å². The monoisotopic (exact) mass is 367 g/mol. The number of anilines is 1. The molecule has 4 nitrogen and oxygen atoms in total. The summed E-state index contributed by atoms with van der Waals surface area (Å²) < 4.78 is 25.8. The molecule has 0 radical (unpaired) electrons. The first-order chi connectivity index (χ1) is 13.1. The van der Waals surface area contributed by atoms with Gasteiger partial charge in [0, 0.05) is 25.0 Å². The predicted octanol–water partition coefficient (Wildman–Crippen LogP) is 3.94. The Morgan fingerprint density at radius 2 is 1.52 bits per heavy atom. The van der Waals surface area contributed by atoms with Crippen LogP contribution in [0.4, 0.5) is 14.5 Å². The first-order valence-electron chi connectivity index (χ1n) is 8.57. The van der Waals surface area contributed by atoms with Crippen LogP contribution in [-0.2, 0) is 13.0 Å². The number of rotatable bonds is 7. The average molecular weight is 367 g/mol. The van der Waals surface area contributed by atoms with Crippen molar-refractivity contribution in [1.82, 2.24) is 10.3 Å². The van der Waals surface area contributed by atoms with Crippen LogP contribution in [0, 0.1) is 11.6 Å². The zero-order chi connectivity index (χ0) is 19.1. The number of nitrogens with one attached hydrogen (secondary N) is 2. The third-order valence-corrected chi connectivity index (χ3v) is 4.01. The molecule has 27 heavy (non-hydrogen) atoms. The maximum atomic E-state index is 12.9. The average Bonchev–Trinajstić information content (AvgIpc) is 2.69. The fourth-order valence-corrected chi connectivity index (χ4v) is 2.53. The number of hydrogen-bond acceptors (Lipinski definition) is 3. The Kier molecular flexibility index (Phi) is 6.10. The minimum atomic E-state index is -0.281. The highest BCUT2D eigenvalue weighted by molar-refractivity contribution is 5.93. The van der Waals surface area contributed by atoms with E-state index in [2.05, 4.69) is 15.6 Å². The third-order valence-electron chi connectivity index (χ3n) is 4.01. The molecule has 0 spiro atoms. The molecule has 2 N–H and O–H groups in total. The minimum absolute atomic E-state index is 0.275. The number of aromatic nitrogens is 1. The molecule has 0 bridgehead atoms. The summed E-state index contributed by atoms with van der Waals surface area (Å²) in [5.41, 5.74) is 2.93. The van der Waals surface area contributed by atoms with Gasteiger partial charge in [0.25, 0.3) is 5.91 Å². The van der Waals surface area contributed by atoms with Crippen molar-refractivity contribution < 1.29 is 13.6 Å². The van der Waals surface area contributed by atoms with E-state index in [1.807, 2.05) is 0 Å². The summed E-state index contributed by atoms with van der Waals surface area (Å²) in [6.07, 6.45) is 2.16. The highest BCUT2D eigenvalue weighted by Crippen LogP contribution is 2.11. The third kappa shape index (κ3) is 5.60. The summed E-state index contributed by atoms with van der Waals surface area (Å²) in [5, 5.41) is 5.99. The van der Waals surface area contributed by atoms with Crippen molar-refractivity contribution >= 4 is 11.6 Å². The smallest absolute Gasteiger partial charge is 0.269 e. The van der Waals surface area contributed by atoms with Crippen molar-refractivity contribution in [3.63, 3.8) is 0 Å². The maximum absolute atomic E-state index is 12.9. The van der Waals surface area contributed by atoms with Crippen LogP contribution in [-0.4, -0.2) is 17.4 Å². The Bertz CT molecular complexity index is 896. The van der Waals surface area contributed by atoms with Crippen LogP contribution in [0.2, 0.25) is 0 Å². The lowest BCUT2D eigenvalue weighted by molar-refractivity contribution is 0.0949. The topological polar surface area (TPSA) is 54.0 Å². The summed E-state index contributed by atoms with van der Waals surface area (Å²) in [4.78, 5) is 16.3. The van der Waals surface area contributed by atoms with E-state index in [1.165, 1.54) is 24.3 Å². The normalized spacial score (nSPS) is 10.4. The van der Waals surface area contributed by atoms with Gasteiger partial charge in [-0.1, -0.05) is 24.3 Å². The van der Waals surface area contributed by atoms with Crippen LogP contribution >= 0.6 is 0 Å². The highest BCUT2D eigenvalue weighted by Gasteiger charge is 2.07. The number of halogens is 2. The summed E-state index contributed by atoms with van der Waals surface area (Å²) in [6.45, 7) is 0.940. The number of benzene rings is 2. The number of pyridine rings is 1. The largest absolute Gasteiger partial charge is 0.381 e. The summed E-state index contributed by atoms with van der Waals surface area (Å²) >= 11 is 0. The first kappa shape index (κ1) is 18.5.